The summed E-state index contributed by atoms with van der Waals surface area (Å²) in [5.74, 6) is -0.690. The van der Waals surface area contributed by atoms with Gasteiger partial charge in [0.15, 0.2) is 0 Å². The van der Waals surface area contributed by atoms with E-state index in [2.05, 4.69) is 10.6 Å². The van der Waals surface area contributed by atoms with E-state index in [1.165, 1.54) is 12.1 Å². The zero-order chi connectivity index (χ0) is 21.6. The van der Waals surface area contributed by atoms with Crippen LogP contribution in [0, 0.1) is 5.82 Å². The molecule has 5 rings (SSSR count). The van der Waals surface area contributed by atoms with Gasteiger partial charge in [0, 0.05) is 18.5 Å². The van der Waals surface area contributed by atoms with E-state index >= 15 is 0 Å². The summed E-state index contributed by atoms with van der Waals surface area (Å²) in [5.41, 5.74) is 1.52. The maximum absolute atomic E-state index is 14.1. The number of piperidine rings is 1. The third-order valence-corrected chi connectivity index (χ3v) is 6.79. The highest BCUT2D eigenvalue weighted by atomic mass is 19.1. The average Bonchev–Trinajstić information content (AvgIpc) is 3.28. The number of carbonyl (C=O) groups excluding carboxylic acids is 3. The highest BCUT2D eigenvalue weighted by molar-refractivity contribution is 5.99. The Bertz CT molecular complexity index is 1070. The molecule has 31 heavy (non-hydrogen) atoms. The molecule has 2 saturated heterocycles. The second kappa shape index (κ2) is 7.48. The van der Waals surface area contributed by atoms with Crippen molar-refractivity contribution in [3.8, 4) is 0 Å². The van der Waals surface area contributed by atoms with Gasteiger partial charge < -0.3 is 15.5 Å². The Morgan fingerprint density at radius 3 is 2.74 bits per heavy atom. The number of amides is 3. The quantitative estimate of drug-likeness (QED) is 0.800. The molecule has 0 aliphatic carbocycles. The normalized spacial score (nSPS) is 27.2. The van der Waals surface area contributed by atoms with Crippen LogP contribution < -0.4 is 10.6 Å². The van der Waals surface area contributed by atoms with E-state index in [1.54, 1.807) is 23.1 Å². The number of nitrogens with zero attached hydrogens (tertiary/aromatic N) is 1. The first-order valence-corrected chi connectivity index (χ1v) is 10.7. The van der Waals surface area contributed by atoms with Crippen LogP contribution in [0.4, 0.5) is 4.39 Å². The lowest BCUT2D eigenvalue weighted by atomic mass is 9.76. The number of likely N-dealkylation sites (tertiary alicyclic amines) is 1. The lowest BCUT2D eigenvalue weighted by molar-refractivity contribution is -0.139. The predicted molar refractivity (Wildman–Crippen MR) is 111 cm³/mol. The van der Waals surface area contributed by atoms with E-state index in [0.29, 0.717) is 30.5 Å². The minimum atomic E-state index is -0.588. The van der Waals surface area contributed by atoms with Gasteiger partial charge in [-0.05, 0) is 48.6 Å². The van der Waals surface area contributed by atoms with Crippen molar-refractivity contribution in [3.05, 3.63) is 71.0 Å². The number of hydrogen-bond donors (Lipinski definition) is 2. The second-order valence-corrected chi connectivity index (χ2v) is 8.67. The molecule has 2 N–H and O–H groups in total. The van der Waals surface area contributed by atoms with Crippen LogP contribution in [0.5, 0.6) is 0 Å². The summed E-state index contributed by atoms with van der Waals surface area (Å²) in [6.07, 6.45) is 2.64. The van der Waals surface area contributed by atoms with E-state index in [9.17, 15) is 18.8 Å². The summed E-state index contributed by atoms with van der Waals surface area (Å²) in [6.45, 7) is 0.528. The molecule has 6 nitrogen and oxygen atoms in total. The van der Waals surface area contributed by atoms with Crippen LogP contribution in [-0.4, -0.2) is 34.7 Å². The van der Waals surface area contributed by atoms with Gasteiger partial charge >= 0.3 is 0 Å². The molecule has 3 aliphatic rings. The maximum Gasteiger partial charge on any atom is 0.252 e. The molecule has 7 heteroatoms. The Hall–Kier alpha value is -3.22. The molecule has 2 fully saturated rings. The molecule has 0 radical (unpaired) electrons. The van der Waals surface area contributed by atoms with Crippen LogP contribution in [0.25, 0.3) is 0 Å². The number of benzene rings is 2. The van der Waals surface area contributed by atoms with Crippen LogP contribution in [0.15, 0.2) is 48.5 Å². The van der Waals surface area contributed by atoms with Crippen LogP contribution in [0.2, 0.25) is 0 Å². The Balaban J connectivity index is 1.47. The SMILES string of the molecule is O=C1CC[C@]2(CCCN(C(=O)CC3NC(=O)c4ccccc43)[C@@H]2c2cccc(F)c2)N1. The van der Waals surface area contributed by atoms with E-state index in [4.69, 9.17) is 0 Å². The van der Waals surface area contributed by atoms with Crippen LogP contribution in [0.3, 0.4) is 0 Å². The molecule has 3 atom stereocenters. The van der Waals surface area contributed by atoms with Gasteiger partial charge in [0.05, 0.1) is 24.0 Å². The van der Waals surface area contributed by atoms with Crippen molar-refractivity contribution in [1.82, 2.24) is 15.5 Å². The number of nitrogens with one attached hydrogen (secondary N) is 2. The standard InChI is InChI=1S/C24H24FN3O3/c25-16-6-3-5-15(13-16)22-24(11-9-20(29)27-24)10-4-12-28(22)21(30)14-19-17-7-1-2-8-18(17)23(31)26-19/h1-3,5-8,13,19,22H,4,9-12,14H2,(H,26,31)(H,27,29)/t19?,22-,24+/m1/s1. The largest absolute Gasteiger partial charge is 0.348 e. The smallest absolute Gasteiger partial charge is 0.252 e. The van der Waals surface area contributed by atoms with Gasteiger partial charge in [-0.25, -0.2) is 4.39 Å². The van der Waals surface area contributed by atoms with Crippen molar-refractivity contribution in [1.29, 1.82) is 0 Å². The summed E-state index contributed by atoms with van der Waals surface area (Å²) in [4.78, 5) is 39.7. The van der Waals surface area contributed by atoms with E-state index in [0.717, 1.165) is 18.4 Å². The van der Waals surface area contributed by atoms with Crippen molar-refractivity contribution in [3.63, 3.8) is 0 Å². The molecule has 3 aliphatic heterocycles. The Labute approximate surface area is 179 Å². The lowest BCUT2D eigenvalue weighted by Gasteiger charge is -2.48. The van der Waals surface area contributed by atoms with Crippen molar-refractivity contribution in [2.75, 3.05) is 6.54 Å². The van der Waals surface area contributed by atoms with Crippen molar-refractivity contribution in [2.45, 2.75) is 49.7 Å². The van der Waals surface area contributed by atoms with E-state index < -0.39 is 11.6 Å². The molecule has 2 aromatic rings. The van der Waals surface area contributed by atoms with Crippen LogP contribution in [-0.2, 0) is 9.59 Å². The fraction of sp³-hybridized carbons (Fsp3) is 0.375. The molecule has 160 valence electrons. The van der Waals surface area contributed by atoms with Crippen LogP contribution >= 0.6 is 0 Å². The first-order chi connectivity index (χ1) is 15.0. The highest BCUT2D eigenvalue weighted by Gasteiger charge is 2.51. The van der Waals surface area contributed by atoms with Crippen LogP contribution in [0.1, 0.15) is 65.7 Å². The van der Waals surface area contributed by atoms with Gasteiger partial charge in [0.2, 0.25) is 11.8 Å². The first-order valence-electron chi connectivity index (χ1n) is 10.7. The predicted octanol–water partition coefficient (Wildman–Crippen LogP) is 3.01. The second-order valence-electron chi connectivity index (χ2n) is 8.67. The molecular weight excluding hydrogens is 397 g/mol. The topological polar surface area (TPSA) is 78.5 Å². The maximum atomic E-state index is 14.1. The summed E-state index contributed by atoms with van der Waals surface area (Å²) < 4.78 is 14.1. The summed E-state index contributed by atoms with van der Waals surface area (Å²) >= 11 is 0. The summed E-state index contributed by atoms with van der Waals surface area (Å²) in [5, 5.41) is 6.02. The van der Waals surface area contributed by atoms with Gasteiger partial charge in [-0.2, -0.15) is 0 Å². The van der Waals surface area contributed by atoms with Gasteiger partial charge in [-0.3, -0.25) is 14.4 Å². The molecule has 1 unspecified atom stereocenters. The van der Waals surface area contributed by atoms with E-state index in [1.807, 2.05) is 18.2 Å². The van der Waals surface area contributed by atoms with Crippen molar-refractivity contribution >= 4 is 17.7 Å². The molecule has 3 heterocycles. The molecule has 2 aromatic carbocycles. The number of rotatable bonds is 3. The fourth-order valence-electron chi connectivity index (χ4n) is 5.48. The average molecular weight is 421 g/mol. The zero-order valence-corrected chi connectivity index (χ0v) is 17.1. The van der Waals surface area contributed by atoms with Gasteiger partial charge in [0.25, 0.3) is 5.91 Å². The van der Waals surface area contributed by atoms with Gasteiger partial charge in [-0.15, -0.1) is 0 Å². The molecule has 0 saturated carbocycles. The number of hydrogen-bond acceptors (Lipinski definition) is 3. The molecule has 3 amide bonds. The van der Waals surface area contributed by atoms with Crippen molar-refractivity contribution in [2.24, 2.45) is 0 Å². The molecule has 1 spiro atoms. The lowest BCUT2D eigenvalue weighted by Crippen LogP contribution is -2.58. The molecule has 0 bridgehead atoms. The third kappa shape index (κ3) is 3.38. The van der Waals surface area contributed by atoms with Gasteiger partial charge in [-0.1, -0.05) is 30.3 Å². The summed E-state index contributed by atoms with van der Waals surface area (Å²) in [6, 6.07) is 12.7. The Morgan fingerprint density at radius 1 is 1.13 bits per heavy atom. The fourth-order valence-corrected chi connectivity index (χ4v) is 5.48. The Morgan fingerprint density at radius 2 is 1.97 bits per heavy atom. The third-order valence-electron chi connectivity index (χ3n) is 6.79. The highest BCUT2D eigenvalue weighted by Crippen LogP contribution is 2.45. The zero-order valence-electron chi connectivity index (χ0n) is 17.1. The first kappa shape index (κ1) is 19.7. The van der Waals surface area contributed by atoms with Crippen molar-refractivity contribution < 1.29 is 18.8 Å². The number of fused-ring (bicyclic) bond motifs is 1. The minimum Gasteiger partial charge on any atom is -0.348 e. The Kier molecular flexibility index (Phi) is 4.76. The summed E-state index contributed by atoms with van der Waals surface area (Å²) in [7, 11) is 0. The van der Waals surface area contributed by atoms with Gasteiger partial charge in [0.1, 0.15) is 5.82 Å². The molecule has 0 aromatic heterocycles. The minimum absolute atomic E-state index is 0.0346. The van der Waals surface area contributed by atoms with E-state index in [-0.39, 0.29) is 36.0 Å². The molecular formula is C24H24FN3O3. The number of halogens is 1. The monoisotopic (exact) mass is 421 g/mol. The number of carbonyl (C=O) groups is 3.